The molecule has 0 heterocycles. The van der Waals surface area contributed by atoms with E-state index >= 15 is 0 Å². The van der Waals surface area contributed by atoms with E-state index in [4.69, 9.17) is 6.57 Å². The molecule has 0 bridgehead atoms. The average Bonchev–Trinajstić information content (AvgIpc) is 2.58. The fourth-order valence-electron chi connectivity index (χ4n) is 2.52. The number of benzene rings is 2. The maximum Gasteiger partial charge on any atom is 0.416 e. The van der Waals surface area contributed by atoms with Crippen molar-refractivity contribution in [1.82, 2.24) is 0 Å². The van der Waals surface area contributed by atoms with Crippen LogP contribution >= 0.6 is 0 Å². The summed E-state index contributed by atoms with van der Waals surface area (Å²) in [5, 5.41) is 0. The van der Waals surface area contributed by atoms with Crippen LogP contribution in [0.2, 0.25) is 0 Å². The molecule has 0 aliphatic heterocycles. The van der Waals surface area contributed by atoms with Gasteiger partial charge in [0.05, 0.1) is 17.7 Å². The van der Waals surface area contributed by atoms with Gasteiger partial charge in [-0.25, -0.2) is 4.85 Å². The van der Waals surface area contributed by atoms with Gasteiger partial charge < -0.3 is 4.90 Å². The summed E-state index contributed by atoms with van der Waals surface area (Å²) in [7, 11) is 0. The van der Waals surface area contributed by atoms with Crippen molar-refractivity contribution in [1.29, 1.82) is 0 Å². The Morgan fingerprint density at radius 2 is 1.38 bits per heavy atom. The van der Waals surface area contributed by atoms with Gasteiger partial charge in [-0.3, -0.25) is 0 Å². The van der Waals surface area contributed by atoms with Gasteiger partial charge in [0.15, 0.2) is 5.69 Å². The molecule has 0 radical (unpaired) electrons. The van der Waals surface area contributed by atoms with Crippen LogP contribution in [0.1, 0.15) is 16.7 Å². The van der Waals surface area contributed by atoms with E-state index in [1.54, 1.807) is 0 Å². The molecule has 0 saturated carbocycles. The second-order valence-electron chi connectivity index (χ2n) is 5.98. The highest BCUT2D eigenvalue weighted by atomic mass is 19.4. The molecule has 0 aliphatic rings. The van der Waals surface area contributed by atoms with Gasteiger partial charge in [-0.1, -0.05) is 18.2 Å². The van der Waals surface area contributed by atoms with Crippen molar-refractivity contribution < 1.29 is 39.5 Å². The van der Waals surface area contributed by atoms with Crippen LogP contribution in [-0.2, 0) is 18.9 Å². The van der Waals surface area contributed by atoms with Gasteiger partial charge in [-0.15, -0.1) is 0 Å². The molecule has 2 aromatic carbocycles. The fourth-order valence-corrected chi connectivity index (χ4v) is 2.52. The summed E-state index contributed by atoms with van der Waals surface area (Å²) in [6.07, 6.45) is -14.4. The SMILES string of the molecule is [C-]#[N+]c1ccc(N(Cc2ccc(C(F)(F)F)cc2)CC(F)(F)F)cc1C(F)(F)F. The van der Waals surface area contributed by atoms with Gasteiger partial charge in [0.2, 0.25) is 0 Å². The number of hydrogen-bond acceptors (Lipinski definition) is 1. The van der Waals surface area contributed by atoms with Crippen molar-refractivity contribution in [2.45, 2.75) is 25.1 Å². The summed E-state index contributed by atoms with van der Waals surface area (Å²) in [4.78, 5) is 3.26. The highest BCUT2D eigenvalue weighted by Crippen LogP contribution is 2.39. The minimum absolute atomic E-state index is 0.0325. The first-order chi connectivity index (χ1) is 13.2. The van der Waals surface area contributed by atoms with Crippen LogP contribution in [0.4, 0.5) is 50.9 Å². The summed E-state index contributed by atoms with van der Waals surface area (Å²) < 4.78 is 116. The Morgan fingerprint density at radius 1 is 0.793 bits per heavy atom. The largest absolute Gasteiger partial charge is 0.416 e. The number of nitrogens with zero attached hydrogens (tertiary/aromatic N) is 2. The van der Waals surface area contributed by atoms with E-state index in [0.717, 1.165) is 24.3 Å². The van der Waals surface area contributed by atoms with Crippen LogP contribution in [0.25, 0.3) is 4.85 Å². The van der Waals surface area contributed by atoms with Crippen molar-refractivity contribution in [3.05, 3.63) is 70.6 Å². The van der Waals surface area contributed by atoms with Crippen LogP contribution in [0.3, 0.4) is 0 Å². The predicted octanol–water partition coefficient (Wildman–Crippen LogP) is 6.84. The maximum absolute atomic E-state index is 13.1. The smallest absolute Gasteiger partial charge is 0.358 e. The standard InChI is InChI=1S/C18H11F9N2/c1-28-15-7-6-13(8-14(15)18(25,26)27)29(10-16(19,20)21)9-11-2-4-12(5-3-11)17(22,23)24/h2-8H,9-10H2. The van der Waals surface area contributed by atoms with Crippen molar-refractivity contribution in [2.24, 2.45) is 0 Å². The van der Waals surface area contributed by atoms with Crippen molar-refractivity contribution in [2.75, 3.05) is 11.4 Å². The normalized spacial score (nSPS) is 12.6. The van der Waals surface area contributed by atoms with Crippen molar-refractivity contribution >= 4 is 11.4 Å². The predicted molar refractivity (Wildman–Crippen MR) is 86.3 cm³/mol. The lowest BCUT2D eigenvalue weighted by molar-refractivity contribution is -0.138. The van der Waals surface area contributed by atoms with E-state index in [2.05, 4.69) is 4.85 Å². The number of anilines is 1. The third-order valence-electron chi connectivity index (χ3n) is 3.80. The molecule has 0 atom stereocenters. The molecule has 2 rings (SSSR count). The zero-order valence-electron chi connectivity index (χ0n) is 14.3. The summed E-state index contributed by atoms with van der Waals surface area (Å²) in [5.41, 5.74) is -3.62. The Labute approximate surface area is 159 Å². The number of alkyl halides is 9. The third kappa shape index (κ3) is 6.04. The number of rotatable bonds is 4. The lowest BCUT2D eigenvalue weighted by Gasteiger charge is -2.27. The third-order valence-corrected chi connectivity index (χ3v) is 3.80. The van der Waals surface area contributed by atoms with Crippen molar-refractivity contribution in [3.8, 4) is 0 Å². The zero-order valence-corrected chi connectivity index (χ0v) is 14.3. The molecule has 2 aromatic rings. The summed E-state index contributed by atoms with van der Waals surface area (Å²) in [5.74, 6) is 0. The van der Waals surface area contributed by atoms with Gasteiger partial charge in [-0.2, -0.15) is 39.5 Å². The van der Waals surface area contributed by atoms with Gasteiger partial charge in [0, 0.05) is 12.2 Å². The topological polar surface area (TPSA) is 7.60 Å². The minimum Gasteiger partial charge on any atom is -0.358 e. The molecule has 0 spiro atoms. The van der Waals surface area contributed by atoms with Crippen LogP contribution in [0.15, 0.2) is 42.5 Å². The first-order valence-electron chi connectivity index (χ1n) is 7.77. The Morgan fingerprint density at radius 3 is 1.83 bits per heavy atom. The molecule has 11 heteroatoms. The highest BCUT2D eigenvalue weighted by molar-refractivity contribution is 5.62. The molecule has 29 heavy (non-hydrogen) atoms. The van der Waals surface area contributed by atoms with E-state index in [-0.39, 0.29) is 5.56 Å². The quantitative estimate of drug-likeness (QED) is 0.384. The minimum atomic E-state index is -4.96. The monoisotopic (exact) mass is 426 g/mol. The van der Waals surface area contributed by atoms with Crippen molar-refractivity contribution in [3.63, 3.8) is 0 Å². The number of hydrogen-bond donors (Lipinski definition) is 0. The highest BCUT2D eigenvalue weighted by Gasteiger charge is 2.36. The second kappa shape index (κ2) is 7.85. The van der Waals surface area contributed by atoms with E-state index in [9.17, 15) is 39.5 Å². The van der Waals surface area contributed by atoms with E-state index < -0.39 is 54.1 Å². The molecular weight excluding hydrogens is 415 g/mol. The molecule has 0 fully saturated rings. The lowest BCUT2D eigenvalue weighted by Crippen LogP contribution is -2.34. The molecule has 156 valence electrons. The summed E-state index contributed by atoms with van der Waals surface area (Å²) >= 11 is 0. The zero-order chi connectivity index (χ0) is 22.0. The molecule has 0 saturated heterocycles. The Balaban J connectivity index is 2.43. The van der Waals surface area contributed by atoms with Gasteiger partial charge in [0.1, 0.15) is 6.54 Å². The number of halogens is 9. The fraction of sp³-hybridized carbons (Fsp3) is 0.278. The summed E-state index contributed by atoms with van der Waals surface area (Å²) in [6, 6.07) is 5.34. The van der Waals surface area contributed by atoms with E-state index in [1.165, 1.54) is 0 Å². The molecule has 0 unspecified atom stereocenters. The molecule has 0 amide bonds. The lowest BCUT2D eigenvalue weighted by atomic mass is 10.1. The Kier molecular flexibility index (Phi) is 6.06. The maximum atomic E-state index is 13.1. The van der Waals surface area contributed by atoms with Crippen LogP contribution in [0, 0.1) is 6.57 Å². The van der Waals surface area contributed by atoms with Gasteiger partial charge >= 0.3 is 18.5 Å². The van der Waals surface area contributed by atoms with Crippen LogP contribution < -0.4 is 4.90 Å². The first-order valence-corrected chi connectivity index (χ1v) is 7.77. The molecule has 0 aromatic heterocycles. The average molecular weight is 426 g/mol. The summed E-state index contributed by atoms with van der Waals surface area (Å²) in [6.45, 7) is 4.55. The Bertz CT molecular complexity index is 888. The second-order valence-corrected chi connectivity index (χ2v) is 5.98. The molecule has 0 aliphatic carbocycles. The van der Waals surface area contributed by atoms with E-state index in [0.29, 0.717) is 23.1 Å². The van der Waals surface area contributed by atoms with Crippen LogP contribution in [0.5, 0.6) is 0 Å². The molecule has 0 N–H and O–H groups in total. The van der Waals surface area contributed by atoms with Gasteiger partial charge in [0.25, 0.3) is 0 Å². The first kappa shape index (κ1) is 22.4. The molecular formula is C18H11F9N2. The van der Waals surface area contributed by atoms with Gasteiger partial charge in [-0.05, 0) is 29.8 Å². The van der Waals surface area contributed by atoms with E-state index in [1.807, 2.05) is 0 Å². The van der Waals surface area contributed by atoms with Crippen LogP contribution in [-0.4, -0.2) is 12.7 Å². The Hall–Kier alpha value is -2.90. The molecule has 2 nitrogen and oxygen atoms in total.